The summed E-state index contributed by atoms with van der Waals surface area (Å²) in [6.07, 6.45) is 5.08. The second-order valence-electron chi connectivity index (χ2n) is 9.21. The summed E-state index contributed by atoms with van der Waals surface area (Å²) in [7, 11) is 0. The number of hydrogen-bond donors (Lipinski definition) is 0. The maximum atomic E-state index is 14.5. The lowest BCUT2D eigenvalue weighted by Crippen LogP contribution is -2.24. The van der Waals surface area contributed by atoms with Crippen molar-refractivity contribution in [2.75, 3.05) is 0 Å². The fraction of sp³-hybridized carbons (Fsp3) is 0.321. The minimum Gasteiger partial charge on any atom is -0.483 e. The number of aromatic nitrogens is 2. The number of rotatable bonds is 5. The fourth-order valence-corrected chi connectivity index (χ4v) is 5.20. The van der Waals surface area contributed by atoms with E-state index in [2.05, 4.69) is 0 Å². The predicted molar refractivity (Wildman–Crippen MR) is 132 cm³/mol. The Morgan fingerprint density at radius 3 is 2.26 bits per heavy atom. The molecule has 1 heterocycles. The van der Waals surface area contributed by atoms with E-state index in [1.807, 2.05) is 44.2 Å². The highest BCUT2D eigenvalue weighted by Gasteiger charge is 2.33. The van der Waals surface area contributed by atoms with Crippen LogP contribution in [0.1, 0.15) is 55.0 Å². The molecule has 1 saturated carbocycles. The summed E-state index contributed by atoms with van der Waals surface area (Å²) < 4.78 is 37.3. The fourth-order valence-electron chi connectivity index (χ4n) is 5.08. The summed E-state index contributed by atoms with van der Waals surface area (Å²) in [5, 5.41) is 5.88. The van der Waals surface area contributed by atoms with Crippen molar-refractivity contribution in [3.63, 3.8) is 0 Å². The van der Waals surface area contributed by atoms with Crippen molar-refractivity contribution >= 4 is 22.5 Å². The first-order valence-corrected chi connectivity index (χ1v) is 12.2. The molecule has 3 nitrogen and oxygen atoms in total. The Hall–Kier alpha value is -2.92. The maximum Gasteiger partial charge on any atom is 0.161 e. The summed E-state index contributed by atoms with van der Waals surface area (Å²) in [5.74, 6) is -0.743. The summed E-state index contributed by atoms with van der Waals surface area (Å²) in [5.41, 5.74) is 3.99. The van der Waals surface area contributed by atoms with Gasteiger partial charge in [-0.1, -0.05) is 49.1 Å². The predicted octanol–water partition coefficient (Wildman–Crippen LogP) is 8.27. The molecule has 1 aliphatic rings. The van der Waals surface area contributed by atoms with E-state index in [4.69, 9.17) is 21.4 Å². The standard InChI is InChI=1S/C28H27ClF2N2O/c1-17-7-6-8-18(2)27(17)34-28(19-9-4-3-5-10-19)26-22-15-23(30)24(31)16-25(22)32-33(26)21-13-11-20(29)12-14-21/h6-8,11-16,19,28H,3-5,9-10H2,1-2H3. The summed E-state index contributed by atoms with van der Waals surface area (Å²) >= 11 is 6.13. The van der Waals surface area contributed by atoms with Crippen LogP contribution in [0.3, 0.4) is 0 Å². The first-order valence-electron chi connectivity index (χ1n) is 11.8. The Labute approximate surface area is 203 Å². The minimum absolute atomic E-state index is 0.229. The van der Waals surface area contributed by atoms with E-state index in [1.165, 1.54) is 12.5 Å². The molecule has 176 valence electrons. The quantitative estimate of drug-likeness (QED) is 0.287. The average Bonchev–Trinajstić information content (AvgIpc) is 3.18. The number of nitrogens with zero attached hydrogens (tertiary/aromatic N) is 2. The lowest BCUT2D eigenvalue weighted by molar-refractivity contribution is 0.102. The van der Waals surface area contributed by atoms with E-state index < -0.39 is 11.6 Å². The molecule has 0 aliphatic heterocycles. The number of ether oxygens (including phenoxy) is 1. The van der Waals surface area contributed by atoms with Crippen LogP contribution in [0.5, 0.6) is 5.75 Å². The highest BCUT2D eigenvalue weighted by atomic mass is 35.5. The highest BCUT2D eigenvalue weighted by Crippen LogP contribution is 2.42. The monoisotopic (exact) mass is 480 g/mol. The van der Waals surface area contributed by atoms with Gasteiger partial charge in [-0.25, -0.2) is 13.5 Å². The molecule has 4 aromatic rings. The van der Waals surface area contributed by atoms with Gasteiger partial charge in [-0.15, -0.1) is 0 Å². The summed E-state index contributed by atoms with van der Waals surface area (Å²) in [4.78, 5) is 0. The van der Waals surface area contributed by atoms with Crippen molar-refractivity contribution in [1.82, 2.24) is 9.78 Å². The topological polar surface area (TPSA) is 27.1 Å². The van der Waals surface area contributed by atoms with Crippen LogP contribution >= 0.6 is 11.6 Å². The van der Waals surface area contributed by atoms with E-state index in [0.29, 0.717) is 15.9 Å². The third kappa shape index (κ3) is 4.29. The molecule has 34 heavy (non-hydrogen) atoms. The molecule has 0 spiro atoms. The Balaban J connectivity index is 1.75. The minimum atomic E-state index is -0.912. The molecular weight excluding hydrogens is 454 g/mol. The molecular formula is C28H27ClF2N2O. The van der Waals surface area contributed by atoms with Crippen molar-refractivity contribution in [1.29, 1.82) is 0 Å². The Morgan fingerprint density at radius 1 is 0.941 bits per heavy atom. The van der Waals surface area contributed by atoms with Gasteiger partial charge >= 0.3 is 0 Å². The van der Waals surface area contributed by atoms with Gasteiger partial charge in [0.15, 0.2) is 11.6 Å². The number of aryl methyl sites for hydroxylation is 2. The van der Waals surface area contributed by atoms with Gasteiger partial charge in [-0.2, -0.15) is 5.10 Å². The number of hydrogen-bond acceptors (Lipinski definition) is 2. The van der Waals surface area contributed by atoms with Crippen LogP contribution in [0.15, 0.2) is 54.6 Å². The molecule has 1 aliphatic carbocycles. The molecule has 1 fully saturated rings. The van der Waals surface area contributed by atoms with Crippen LogP contribution in [-0.4, -0.2) is 9.78 Å². The lowest BCUT2D eigenvalue weighted by Gasteiger charge is -2.32. The molecule has 3 aromatic carbocycles. The molecule has 6 heteroatoms. The van der Waals surface area contributed by atoms with Crippen LogP contribution in [-0.2, 0) is 0 Å². The molecule has 0 amide bonds. The van der Waals surface area contributed by atoms with Gasteiger partial charge in [0.1, 0.15) is 11.9 Å². The van der Waals surface area contributed by atoms with Crippen molar-refractivity contribution in [2.24, 2.45) is 5.92 Å². The third-order valence-corrected chi connectivity index (χ3v) is 7.07. The molecule has 1 aromatic heterocycles. The second kappa shape index (κ2) is 9.38. The van der Waals surface area contributed by atoms with Crippen molar-refractivity contribution in [3.05, 3.63) is 88.1 Å². The van der Waals surface area contributed by atoms with E-state index in [1.54, 1.807) is 16.8 Å². The van der Waals surface area contributed by atoms with E-state index in [-0.39, 0.29) is 12.0 Å². The molecule has 1 atom stereocenters. The van der Waals surface area contributed by atoms with Crippen molar-refractivity contribution in [2.45, 2.75) is 52.1 Å². The molecule has 0 radical (unpaired) electrons. The molecule has 0 saturated heterocycles. The van der Waals surface area contributed by atoms with Gasteiger partial charge in [0.05, 0.1) is 16.9 Å². The normalized spacial score (nSPS) is 15.6. The van der Waals surface area contributed by atoms with Crippen LogP contribution in [0.25, 0.3) is 16.6 Å². The molecule has 5 rings (SSSR count). The number of fused-ring (bicyclic) bond motifs is 1. The van der Waals surface area contributed by atoms with Gasteiger partial charge in [-0.3, -0.25) is 0 Å². The van der Waals surface area contributed by atoms with Gasteiger partial charge in [-0.05, 0) is 68.1 Å². The second-order valence-corrected chi connectivity index (χ2v) is 9.65. The first kappa shape index (κ1) is 22.9. The van der Waals surface area contributed by atoms with Crippen LogP contribution in [0, 0.1) is 31.4 Å². The zero-order valence-corrected chi connectivity index (χ0v) is 20.1. The van der Waals surface area contributed by atoms with Gasteiger partial charge < -0.3 is 4.74 Å². The average molecular weight is 481 g/mol. The molecule has 1 unspecified atom stereocenters. The Morgan fingerprint density at radius 2 is 1.59 bits per heavy atom. The smallest absolute Gasteiger partial charge is 0.161 e. The van der Waals surface area contributed by atoms with Crippen LogP contribution in [0.4, 0.5) is 8.78 Å². The SMILES string of the molecule is Cc1cccc(C)c1OC(c1c2cc(F)c(F)cc2nn1-c1ccc(Cl)cc1)C1CCCCC1. The van der Waals surface area contributed by atoms with Gasteiger partial charge in [0, 0.05) is 22.4 Å². The summed E-state index contributed by atoms with van der Waals surface area (Å²) in [6, 6.07) is 15.8. The summed E-state index contributed by atoms with van der Waals surface area (Å²) in [6.45, 7) is 4.06. The van der Waals surface area contributed by atoms with Crippen LogP contribution < -0.4 is 4.74 Å². The van der Waals surface area contributed by atoms with E-state index >= 15 is 0 Å². The first-order chi connectivity index (χ1) is 16.4. The highest BCUT2D eigenvalue weighted by molar-refractivity contribution is 6.30. The van der Waals surface area contributed by atoms with Crippen LogP contribution in [0.2, 0.25) is 5.02 Å². The number of benzene rings is 3. The molecule has 0 N–H and O–H groups in total. The zero-order valence-electron chi connectivity index (χ0n) is 19.3. The molecule has 0 bridgehead atoms. The van der Waals surface area contributed by atoms with Crippen molar-refractivity contribution < 1.29 is 13.5 Å². The zero-order chi connectivity index (χ0) is 23.8. The Bertz CT molecular complexity index is 1310. The van der Waals surface area contributed by atoms with E-state index in [0.717, 1.165) is 60.0 Å². The number of halogens is 3. The lowest BCUT2D eigenvalue weighted by atomic mass is 9.83. The maximum absolute atomic E-state index is 14.5. The Kier molecular flexibility index (Phi) is 6.30. The number of para-hydroxylation sites is 1. The van der Waals surface area contributed by atoms with E-state index in [9.17, 15) is 8.78 Å². The van der Waals surface area contributed by atoms with Crippen molar-refractivity contribution in [3.8, 4) is 11.4 Å². The third-order valence-electron chi connectivity index (χ3n) is 6.82. The van der Waals surface area contributed by atoms with Gasteiger partial charge in [0.2, 0.25) is 0 Å². The van der Waals surface area contributed by atoms with Gasteiger partial charge in [0.25, 0.3) is 0 Å². The largest absolute Gasteiger partial charge is 0.483 e.